The first-order valence-electron chi connectivity index (χ1n) is 10.8. The summed E-state index contributed by atoms with van der Waals surface area (Å²) in [6.45, 7) is 3.78. The fourth-order valence-corrected chi connectivity index (χ4v) is 4.94. The molecule has 2 aromatic carbocycles. The summed E-state index contributed by atoms with van der Waals surface area (Å²) in [4.78, 5) is 21.5. The van der Waals surface area contributed by atoms with Gasteiger partial charge in [-0.1, -0.05) is 31.2 Å². The maximum absolute atomic E-state index is 15.0. The smallest absolute Gasteiger partial charge is 0.260 e. The second kappa shape index (κ2) is 9.41. The van der Waals surface area contributed by atoms with Crippen LogP contribution in [0.5, 0.6) is 0 Å². The summed E-state index contributed by atoms with van der Waals surface area (Å²) in [7, 11) is -4.10. The summed E-state index contributed by atoms with van der Waals surface area (Å²) < 4.78 is 57.4. The number of aromatic nitrogens is 3. The molecule has 8 nitrogen and oxygen atoms in total. The number of nitrogens with one attached hydrogen (secondary N) is 1. The van der Waals surface area contributed by atoms with Gasteiger partial charge in [0.2, 0.25) is 16.0 Å². The van der Waals surface area contributed by atoms with Crippen molar-refractivity contribution in [1.82, 2.24) is 14.5 Å². The number of hydrogen-bond acceptors (Lipinski definition) is 6. The normalized spacial score (nSPS) is 12.6. The lowest BCUT2D eigenvalue weighted by Gasteiger charge is -2.18. The number of sulfonamides is 1. The van der Waals surface area contributed by atoms with Gasteiger partial charge in [-0.25, -0.2) is 22.2 Å². The number of nitrogen functional groups attached to an aromatic ring is 1. The van der Waals surface area contributed by atoms with Crippen molar-refractivity contribution in [3.05, 3.63) is 82.3 Å². The zero-order valence-corrected chi connectivity index (χ0v) is 19.8. The second-order valence-electron chi connectivity index (χ2n) is 8.14. The Morgan fingerprint density at radius 2 is 1.86 bits per heavy atom. The summed E-state index contributed by atoms with van der Waals surface area (Å²) in [5.41, 5.74) is 5.79. The van der Waals surface area contributed by atoms with Crippen molar-refractivity contribution < 1.29 is 17.2 Å². The number of hydrogen-bond donors (Lipinski definition) is 2. The van der Waals surface area contributed by atoms with E-state index in [-0.39, 0.29) is 34.4 Å². The molecular formula is C24H23F2N5O3S. The zero-order valence-electron chi connectivity index (χ0n) is 19.0. The van der Waals surface area contributed by atoms with Crippen LogP contribution in [-0.4, -0.2) is 23.0 Å². The van der Waals surface area contributed by atoms with Crippen molar-refractivity contribution >= 4 is 32.7 Å². The number of nitrogens with two attached hydrogens (primary N) is 1. The summed E-state index contributed by atoms with van der Waals surface area (Å²) in [6.07, 6.45) is 2.13. The van der Waals surface area contributed by atoms with Gasteiger partial charge in [0.1, 0.15) is 17.3 Å². The standard InChI is InChI=1S/C24H23F2N5O3S/c1-3-14(2)31-22-17(12-28-24(27)29-22)10-18(23(31)32)15-8-9-21(20(26)11-15)30-35(33,34)13-16-6-4-5-7-19(16)25/h4-12,14,30H,3,13H2,1-2H3,(H2,27,28,29)/t14-/m1/s1. The molecule has 35 heavy (non-hydrogen) atoms. The van der Waals surface area contributed by atoms with Crippen molar-refractivity contribution in [2.45, 2.75) is 32.1 Å². The third-order valence-corrected chi connectivity index (χ3v) is 6.89. The first-order chi connectivity index (χ1) is 16.6. The van der Waals surface area contributed by atoms with Crippen molar-refractivity contribution in [2.24, 2.45) is 0 Å². The lowest BCUT2D eigenvalue weighted by atomic mass is 10.0. The summed E-state index contributed by atoms with van der Waals surface area (Å²) in [5.74, 6) is -2.19. The average Bonchev–Trinajstić information content (AvgIpc) is 2.81. The van der Waals surface area contributed by atoms with Gasteiger partial charge in [0, 0.05) is 28.8 Å². The lowest BCUT2D eigenvalue weighted by Crippen LogP contribution is -2.26. The number of rotatable bonds is 7. The fraction of sp³-hybridized carbons (Fsp3) is 0.208. The molecule has 0 aliphatic carbocycles. The first-order valence-corrected chi connectivity index (χ1v) is 12.5. The number of fused-ring (bicyclic) bond motifs is 1. The number of pyridine rings is 1. The predicted octanol–water partition coefficient (Wildman–Crippen LogP) is 4.23. The zero-order chi connectivity index (χ0) is 25.3. The Bertz CT molecular complexity index is 1590. The minimum Gasteiger partial charge on any atom is -0.368 e. The summed E-state index contributed by atoms with van der Waals surface area (Å²) >= 11 is 0. The molecule has 0 amide bonds. The van der Waals surface area contributed by atoms with E-state index < -0.39 is 33.0 Å². The van der Waals surface area contributed by atoms with Crippen molar-refractivity contribution in [1.29, 1.82) is 0 Å². The lowest BCUT2D eigenvalue weighted by molar-refractivity contribution is 0.528. The molecule has 0 spiro atoms. The predicted molar refractivity (Wildman–Crippen MR) is 131 cm³/mol. The van der Waals surface area contributed by atoms with Gasteiger partial charge in [-0.3, -0.25) is 14.1 Å². The van der Waals surface area contributed by atoms with Crippen LogP contribution >= 0.6 is 0 Å². The number of benzene rings is 2. The molecule has 0 aliphatic heterocycles. The highest BCUT2D eigenvalue weighted by Crippen LogP contribution is 2.27. The number of anilines is 2. The molecule has 0 aliphatic rings. The van der Waals surface area contributed by atoms with E-state index in [0.717, 1.165) is 12.1 Å². The van der Waals surface area contributed by atoms with Crippen LogP contribution in [0.25, 0.3) is 22.2 Å². The molecule has 0 saturated heterocycles. The van der Waals surface area contributed by atoms with Crippen LogP contribution in [0.2, 0.25) is 0 Å². The highest BCUT2D eigenvalue weighted by atomic mass is 32.2. The summed E-state index contributed by atoms with van der Waals surface area (Å²) in [6, 6.07) is 10.5. The van der Waals surface area contributed by atoms with Crippen LogP contribution in [0.1, 0.15) is 31.9 Å². The third-order valence-electron chi connectivity index (χ3n) is 5.67. The molecule has 1 atom stereocenters. The quantitative estimate of drug-likeness (QED) is 0.393. The maximum Gasteiger partial charge on any atom is 0.260 e. The molecule has 0 bridgehead atoms. The van der Waals surface area contributed by atoms with E-state index in [1.165, 1.54) is 41.1 Å². The largest absolute Gasteiger partial charge is 0.368 e. The summed E-state index contributed by atoms with van der Waals surface area (Å²) in [5, 5.41) is 0.546. The van der Waals surface area contributed by atoms with Crippen LogP contribution in [-0.2, 0) is 15.8 Å². The van der Waals surface area contributed by atoms with Gasteiger partial charge in [0.25, 0.3) is 5.56 Å². The number of halogens is 2. The van der Waals surface area contributed by atoms with Crippen LogP contribution in [0.3, 0.4) is 0 Å². The highest BCUT2D eigenvalue weighted by Gasteiger charge is 2.20. The Morgan fingerprint density at radius 1 is 1.11 bits per heavy atom. The van der Waals surface area contributed by atoms with Crippen molar-refractivity contribution in [3.8, 4) is 11.1 Å². The molecule has 0 fully saturated rings. The van der Waals surface area contributed by atoms with Gasteiger partial charge in [-0.05, 0) is 43.2 Å². The monoisotopic (exact) mass is 499 g/mol. The molecule has 3 N–H and O–H groups in total. The SMILES string of the molecule is CC[C@@H](C)n1c(=O)c(-c2ccc(NS(=O)(=O)Cc3ccccc3F)c(F)c2)cc2cnc(N)nc21. The minimum absolute atomic E-state index is 0.0276. The van der Waals surface area contributed by atoms with E-state index >= 15 is 0 Å². The van der Waals surface area contributed by atoms with Gasteiger partial charge in [0.05, 0.1) is 11.4 Å². The highest BCUT2D eigenvalue weighted by molar-refractivity contribution is 7.91. The van der Waals surface area contributed by atoms with E-state index in [1.807, 2.05) is 13.8 Å². The van der Waals surface area contributed by atoms with Crippen molar-refractivity contribution in [2.75, 3.05) is 10.5 Å². The fourth-order valence-electron chi connectivity index (χ4n) is 3.72. The molecule has 4 aromatic rings. The van der Waals surface area contributed by atoms with Crippen LogP contribution in [0.15, 0.2) is 59.5 Å². The van der Waals surface area contributed by atoms with Crippen LogP contribution in [0, 0.1) is 11.6 Å². The van der Waals surface area contributed by atoms with E-state index in [1.54, 1.807) is 6.07 Å². The molecule has 0 unspecified atom stereocenters. The average molecular weight is 500 g/mol. The van der Waals surface area contributed by atoms with Gasteiger partial charge in [-0.15, -0.1) is 0 Å². The van der Waals surface area contributed by atoms with Gasteiger partial charge < -0.3 is 5.73 Å². The number of nitrogens with zero attached hydrogens (tertiary/aromatic N) is 3. The molecule has 11 heteroatoms. The molecule has 2 heterocycles. The van der Waals surface area contributed by atoms with Gasteiger partial charge >= 0.3 is 0 Å². The third kappa shape index (κ3) is 4.99. The molecule has 182 valence electrons. The topological polar surface area (TPSA) is 120 Å². The Hall–Kier alpha value is -3.86. The van der Waals surface area contributed by atoms with Gasteiger partial charge in [0.15, 0.2) is 0 Å². The molecular weight excluding hydrogens is 476 g/mol. The molecule has 0 saturated carbocycles. The Balaban J connectivity index is 1.72. The van der Waals surface area contributed by atoms with Crippen LogP contribution < -0.4 is 16.0 Å². The Kier molecular flexibility index (Phi) is 6.53. The van der Waals surface area contributed by atoms with Crippen molar-refractivity contribution in [3.63, 3.8) is 0 Å². The van der Waals surface area contributed by atoms with Crippen LogP contribution in [0.4, 0.5) is 20.4 Å². The second-order valence-corrected chi connectivity index (χ2v) is 9.87. The van der Waals surface area contributed by atoms with E-state index in [9.17, 15) is 22.0 Å². The molecule has 2 aromatic heterocycles. The molecule has 0 radical (unpaired) electrons. The molecule has 4 rings (SSSR count). The Labute approximate surface area is 200 Å². The minimum atomic E-state index is -4.10. The maximum atomic E-state index is 15.0. The Morgan fingerprint density at radius 3 is 2.54 bits per heavy atom. The van der Waals surface area contributed by atoms with E-state index in [4.69, 9.17) is 5.73 Å². The van der Waals surface area contributed by atoms with Gasteiger partial charge in [-0.2, -0.15) is 4.98 Å². The first kappa shape index (κ1) is 24.3. The van der Waals surface area contributed by atoms with E-state index in [0.29, 0.717) is 17.5 Å². The van der Waals surface area contributed by atoms with E-state index in [2.05, 4.69) is 14.7 Å².